The minimum atomic E-state index is -3.86. The number of aromatic amines is 1. The van der Waals surface area contributed by atoms with Crippen molar-refractivity contribution in [3.8, 4) is 0 Å². The van der Waals surface area contributed by atoms with E-state index in [4.69, 9.17) is 23.2 Å². The highest BCUT2D eigenvalue weighted by Gasteiger charge is 2.32. The van der Waals surface area contributed by atoms with Crippen molar-refractivity contribution in [1.82, 2.24) is 34.0 Å². The Balaban J connectivity index is 1.14. The van der Waals surface area contributed by atoms with E-state index in [2.05, 4.69) is 25.0 Å². The molecule has 12 nitrogen and oxygen atoms in total. The van der Waals surface area contributed by atoms with Crippen LogP contribution in [-0.4, -0.2) is 65.2 Å². The SMILES string of the molecule is O=c1[nH]c(C2CCN(S(=O)(=O)c3ccc(S(=O)(=O)NC4CCCCC4)cc3)CC2)nc2c1nnn2Cc1ccc(Cl)cc1Cl. The Kier molecular flexibility index (Phi) is 8.83. The molecule has 3 heterocycles. The molecule has 0 radical (unpaired) electrons. The Bertz CT molecular complexity index is 1950. The molecule has 0 amide bonds. The van der Waals surface area contributed by atoms with Crippen molar-refractivity contribution in [3.05, 3.63) is 74.3 Å². The molecule has 4 aromatic rings. The maximum Gasteiger partial charge on any atom is 0.281 e. The summed E-state index contributed by atoms with van der Waals surface area (Å²) in [4.78, 5) is 20.4. The molecule has 234 valence electrons. The van der Waals surface area contributed by atoms with Crippen molar-refractivity contribution in [3.63, 3.8) is 0 Å². The number of nitrogens with zero attached hydrogens (tertiary/aromatic N) is 5. The van der Waals surface area contributed by atoms with E-state index < -0.39 is 25.6 Å². The summed E-state index contributed by atoms with van der Waals surface area (Å²) in [6.07, 6.45) is 5.55. The van der Waals surface area contributed by atoms with Gasteiger partial charge in [0.15, 0.2) is 11.2 Å². The van der Waals surface area contributed by atoms with Crippen LogP contribution in [0.1, 0.15) is 62.3 Å². The van der Waals surface area contributed by atoms with E-state index >= 15 is 0 Å². The van der Waals surface area contributed by atoms with Crippen LogP contribution in [0.5, 0.6) is 0 Å². The Morgan fingerprint density at radius 1 is 0.909 bits per heavy atom. The monoisotopic (exact) mass is 679 g/mol. The molecule has 6 rings (SSSR count). The van der Waals surface area contributed by atoms with Gasteiger partial charge in [-0.15, -0.1) is 5.10 Å². The van der Waals surface area contributed by atoms with E-state index in [0.717, 1.165) is 37.7 Å². The molecular formula is C28H31Cl2N7O5S2. The van der Waals surface area contributed by atoms with Gasteiger partial charge in [-0.2, -0.15) is 4.31 Å². The summed E-state index contributed by atoms with van der Waals surface area (Å²) in [5, 5.41) is 9.03. The van der Waals surface area contributed by atoms with E-state index in [-0.39, 0.29) is 46.9 Å². The third-order valence-corrected chi connectivity index (χ3v) is 12.3. The number of H-pyrrole nitrogens is 1. The quantitative estimate of drug-likeness (QED) is 0.282. The average Bonchev–Trinajstić information content (AvgIpc) is 3.42. The molecule has 1 saturated carbocycles. The fourth-order valence-electron chi connectivity index (χ4n) is 5.81. The molecule has 0 spiro atoms. The number of sulfonamides is 2. The summed E-state index contributed by atoms with van der Waals surface area (Å²) >= 11 is 12.3. The lowest BCUT2D eigenvalue weighted by Gasteiger charge is -2.30. The first-order valence-corrected chi connectivity index (χ1v) is 18.1. The van der Waals surface area contributed by atoms with Gasteiger partial charge in [0.1, 0.15) is 5.82 Å². The van der Waals surface area contributed by atoms with Crippen LogP contribution in [0.25, 0.3) is 11.2 Å². The van der Waals surface area contributed by atoms with Gasteiger partial charge in [-0.25, -0.2) is 31.2 Å². The lowest BCUT2D eigenvalue weighted by Crippen LogP contribution is -2.38. The minimum Gasteiger partial charge on any atom is -0.308 e. The van der Waals surface area contributed by atoms with E-state index in [0.29, 0.717) is 34.4 Å². The zero-order chi connectivity index (χ0) is 31.1. The first-order chi connectivity index (χ1) is 21.0. The summed E-state index contributed by atoms with van der Waals surface area (Å²) < 4.78 is 58.1. The van der Waals surface area contributed by atoms with Crippen LogP contribution in [0.4, 0.5) is 0 Å². The fraction of sp³-hybridized carbons (Fsp3) is 0.429. The molecule has 16 heteroatoms. The molecule has 2 aliphatic rings. The predicted molar refractivity (Wildman–Crippen MR) is 166 cm³/mol. The van der Waals surface area contributed by atoms with Crippen molar-refractivity contribution in [2.24, 2.45) is 0 Å². The summed E-state index contributed by atoms with van der Waals surface area (Å²) in [6.45, 7) is 0.641. The second-order valence-electron chi connectivity index (χ2n) is 11.2. The third kappa shape index (κ3) is 6.42. The molecule has 0 bridgehead atoms. The Morgan fingerprint density at radius 2 is 1.59 bits per heavy atom. The molecule has 2 fully saturated rings. The van der Waals surface area contributed by atoms with Crippen LogP contribution < -0.4 is 10.3 Å². The van der Waals surface area contributed by atoms with Crippen molar-refractivity contribution >= 4 is 54.4 Å². The number of fused-ring (bicyclic) bond motifs is 1. The topological polar surface area (TPSA) is 160 Å². The molecule has 0 atom stereocenters. The van der Waals surface area contributed by atoms with Crippen LogP contribution in [0.3, 0.4) is 0 Å². The van der Waals surface area contributed by atoms with Gasteiger partial charge >= 0.3 is 0 Å². The minimum absolute atomic E-state index is 0.0244. The number of hydrogen-bond donors (Lipinski definition) is 2. The number of rotatable bonds is 8. The maximum atomic E-state index is 13.4. The molecule has 1 aliphatic heterocycles. The van der Waals surface area contributed by atoms with Crippen LogP contribution in [0, 0.1) is 0 Å². The number of piperidine rings is 1. The zero-order valence-electron chi connectivity index (χ0n) is 23.6. The van der Waals surface area contributed by atoms with Gasteiger partial charge in [0.2, 0.25) is 20.0 Å². The summed E-state index contributed by atoms with van der Waals surface area (Å²) in [5.41, 5.74) is 0.703. The van der Waals surface area contributed by atoms with E-state index in [9.17, 15) is 21.6 Å². The number of benzene rings is 2. The van der Waals surface area contributed by atoms with E-state index in [1.165, 1.54) is 33.3 Å². The lowest BCUT2D eigenvalue weighted by molar-refractivity contribution is 0.313. The number of hydrogen-bond acceptors (Lipinski definition) is 8. The van der Waals surface area contributed by atoms with Crippen LogP contribution in [0.15, 0.2) is 57.1 Å². The highest BCUT2D eigenvalue weighted by Crippen LogP contribution is 2.30. The average molecular weight is 681 g/mol. The van der Waals surface area contributed by atoms with Crippen LogP contribution in [-0.2, 0) is 26.6 Å². The number of aromatic nitrogens is 5. The van der Waals surface area contributed by atoms with Crippen LogP contribution >= 0.6 is 23.2 Å². The van der Waals surface area contributed by atoms with E-state index in [1.807, 2.05) is 0 Å². The molecule has 2 N–H and O–H groups in total. The Labute approximate surface area is 264 Å². The van der Waals surface area contributed by atoms with Crippen molar-refractivity contribution < 1.29 is 16.8 Å². The largest absolute Gasteiger partial charge is 0.308 e. The van der Waals surface area contributed by atoms with Gasteiger partial charge in [-0.3, -0.25) is 4.79 Å². The summed E-state index contributed by atoms with van der Waals surface area (Å²) in [5.74, 6) is 0.240. The highest BCUT2D eigenvalue weighted by atomic mass is 35.5. The third-order valence-electron chi connectivity index (χ3n) is 8.27. The van der Waals surface area contributed by atoms with E-state index in [1.54, 1.807) is 18.2 Å². The first-order valence-electron chi connectivity index (χ1n) is 14.4. The highest BCUT2D eigenvalue weighted by molar-refractivity contribution is 7.89. The number of nitrogens with one attached hydrogen (secondary N) is 2. The van der Waals surface area contributed by atoms with Crippen molar-refractivity contribution in [2.75, 3.05) is 13.1 Å². The second-order valence-corrected chi connectivity index (χ2v) is 15.7. The Morgan fingerprint density at radius 3 is 2.27 bits per heavy atom. The molecule has 0 unspecified atom stereocenters. The standard InChI is InChI=1S/C28H31Cl2N7O5S2/c29-20-7-6-19(24(30)16-20)17-37-27-25(33-35-37)28(38)32-26(31-27)18-12-14-36(15-13-18)44(41,42)23-10-8-22(9-11-23)43(39,40)34-21-4-2-1-3-5-21/h6-11,16,18,21,34H,1-5,12-15,17H2,(H,31,32,38). The van der Waals surface area contributed by atoms with Crippen molar-refractivity contribution in [2.45, 2.75) is 73.2 Å². The molecular weight excluding hydrogens is 649 g/mol. The van der Waals surface area contributed by atoms with Crippen molar-refractivity contribution in [1.29, 1.82) is 0 Å². The Hall–Kier alpha value is -2.88. The molecule has 2 aromatic heterocycles. The van der Waals surface area contributed by atoms with Gasteiger partial charge in [0.25, 0.3) is 5.56 Å². The van der Waals surface area contributed by atoms with Gasteiger partial charge in [-0.05, 0) is 67.6 Å². The second kappa shape index (κ2) is 12.5. The van der Waals surface area contributed by atoms with Gasteiger partial charge in [0.05, 0.1) is 16.3 Å². The van der Waals surface area contributed by atoms with Gasteiger partial charge in [-0.1, -0.05) is 53.7 Å². The first kappa shape index (κ1) is 31.1. The van der Waals surface area contributed by atoms with Gasteiger partial charge < -0.3 is 4.98 Å². The summed E-state index contributed by atoms with van der Waals surface area (Å²) in [6, 6.07) is 10.4. The number of halogens is 2. The molecule has 2 aromatic carbocycles. The fourth-order valence-corrected chi connectivity index (χ4v) is 9.05. The smallest absolute Gasteiger partial charge is 0.281 e. The summed E-state index contributed by atoms with van der Waals surface area (Å²) in [7, 11) is -7.60. The molecule has 44 heavy (non-hydrogen) atoms. The molecule has 1 saturated heterocycles. The predicted octanol–water partition coefficient (Wildman–Crippen LogP) is 4.05. The zero-order valence-corrected chi connectivity index (χ0v) is 26.8. The lowest BCUT2D eigenvalue weighted by atomic mass is 9.96. The molecule has 1 aliphatic carbocycles. The maximum absolute atomic E-state index is 13.4. The van der Waals surface area contributed by atoms with Crippen LogP contribution in [0.2, 0.25) is 10.0 Å². The normalized spacial score (nSPS) is 17.8. The van der Waals surface area contributed by atoms with Gasteiger partial charge in [0, 0.05) is 35.1 Å².